The number of nitrogens with one attached hydrogen (secondary N) is 1. The van der Waals surface area contributed by atoms with E-state index in [1.54, 1.807) is 0 Å². The summed E-state index contributed by atoms with van der Waals surface area (Å²) in [5, 5.41) is 7.11. The van der Waals surface area contributed by atoms with Crippen molar-refractivity contribution in [2.75, 3.05) is 0 Å². The lowest BCUT2D eigenvalue weighted by atomic mass is 9.86. The molecule has 0 fully saturated rings. The van der Waals surface area contributed by atoms with Crippen LogP contribution in [0.15, 0.2) is 59.1 Å². The van der Waals surface area contributed by atoms with E-state index >= 15 is 0 Å². The molecule has 0 aliphatic rings. The Hall–Kier alpha value is -2.95. The first kappa shape index (κ1) is 17.9. The summed E-state index contributed by atoms with van der Waals surface area (Å²) in [4.78, 5) is 17.2. The van der Waals surface area contributed by atoms with Gasteiger partial charge in [0, 0.05) is 11.1 Å². The van der Waals surface area contributed by atoms with Gasteiger partial charge in [-0.15, -0.1) is 0 Å². The highest BCUT2D eigenvalue weighted by Crippen LogP contribution is 2.33. The predicted octanol–water partition coefficient (Wildman–Crippen LogP) is 4.56. The van der Waals surface area contributed by atoms with Crippen LogP contribution in [-0.2, 0) is 0 Å². The quantitative estimate of drug-likeness (QED) is 0.749. The van der Waals surface area contributed by atoms with Crippen molar-refractivity contribution in [2.24, 2.45) is 5.41 Å². The van der Waals surface area contributed by atoms with Gasteiger partial charge < -0.3 is 9.84 Å². The third-order valence-corrected chi connectivity index (χ3v) is 4.18. The average Bonchev–Trinajstić information content (AvgIpc) is 3.09. The Labute approximate surface area is 153 Å². The van der Waals surface area contributed by atoms with Gasteiger partial charge in [-0.25, -0.2) is 0 Å². The second-order valence-electron chi connectivity index (χ2n) is 7.46. The van der Waals surface area contributed by atoms with E-state index in [9.17, 15) is 4.79 Å². The maximum Gasteiger partial charge on any atom is 0.251 e. The number of benzene rings is 2. The summed E-state index contributed by atoms with van der Waals surface area (Å²) in [6, 6.07) is 16.7. The van der Waals surface area contributed by atoms with Gasteiger partial charge in [0.25, 0.3) is 5.91 Å². The molecule has 5 heteroatoms. The van der Waals surface area contributed by atoms with Crippen molar-refractivity contribution in [3.05, 3.63) is 71.6 Å². The molecule has 0 radical (unpaired) electrons. The highest BCUT2D eigenvalue weighted by atomic mass is 16.5. The van der Waals surface area contributed by atoms with E-state index in [1.807, 2.05) is 82.3 Å². The van der Waals surface area contributed by atoms with Crippen LogP contribution in [0.4, 0.5) is 0 Å². The molecule has 0 spiro atoms. The number of aryl methyl sites for hydroxylation is 1. The molecule has 134 valence electrons. The normalized spacial score (nSPS) is 12.6. The molecule has 1 aromatic heterocycles. The number of nitrogens with zero attached hydrogens (tertiary/aromatic N) is 2. The highest BCUT2D eigenvalue weighted by molar-refractivity contribution is 5.94. The first-order valence-corrected chi connectivity index (χ1v) is 8.61. The molecular weight excluding hydrogens is 326 g/mol. The first-order valence-electron chi connectivity index (χ1n) is 8.61. The van der Waals surface area contributed by atoms with Crippen molar-refractivity contribution >= 4 is 5.91 Å². The Morgan fingerprint density at radius 1 is 1.04 bits per heavy atom. The van der Waals surface area contributed by atoms with E-state index in [2.05, 4.69) is 15.5 Å². The molecule has 26 heavy (non-hydrogen) atoms. The molecule has 0 aliphatic carbocycles. The number of rotatable bonds is 4. The summed E-state index contributed by atoms with van der Waals surface area (Å²) in [6.07, 6.45) is 0. The Morgan fingerprint density at radius 3 is 2.31 bits per heavy atom. The third kappa shape index (κ3) is 3.99. The summed E-state index contributed by atoms with van der Waals surface area (Å²) >= 11 is 0. The lowest BCUT2D eigenvalue weighted by Crippen LogP contribution is -2.36. The van der Waals surface area contributed by atoms with Crippen molar-refractivity contribution in [3.8, 4) is 11.4 Å². The molecule has 5 nitrogen and oxygen atoms in total. The van der Waals surface area contributed by atoms with E-state index in [0.29, 0.717) is 17.3 Å². The van der Waals surface area contributed by atoms with Gasteiger partial charge in [0.05, 0.1) is 0 Å². The molecule has 1 heterocycles. The Kier molecular flexibility index (Phi) is 4.89. The van der Waals surface area contributed by atoms with Crippen LogP contribution in [0.2, 0.25) is 0 Å². The zero-order chi connectivity index (χ0) is 18.7. The fourth-order valence-electron chi connectivity index (χ4n) is 2.62. The third-order valence-electron chi connectivity index (χ3n) is 4.18. The smallest absolute Gasteiger partial charge is 0.251 e. The van der Waals surface area contributed by atoms with Crippen molar-refractivity contribution in [3.63, 3.8) is 0 Å². The van der Waals surface area contributed by atoms with Gasteiger partial charge in [0.15, 0.2) is 0 Å². The maximum atomic E-state index is 12.7. The largest absolute Gasteiger partial charge is 0.340 e. The molecule has 2 aromatic carbocycles. The first-order chi connectivity index (χ1) is 12.3. The molecule has 0 saturated heterocycles. The molecule has 1 amide bonds. The van der Waals surface area contributed by atoms with Crippen LogP contribution in [0.1, 0.15) is 48.6 Å². The summed E-state index contributed by atoms with van der Waals surface area (Å²) in [5.41, 5.74) is 2.30. The van der Waals surface area contributed by atoms with Crippen molar-refractivity contribution in [2.45, 2.75) is 33.7 Å². The van der Waals surface area contributed by atoms with Crippen LogP contribution in [0, 0.1) is 12.3 Å². The minimum atomic E-state index is -0.402. The summed E-state index contributed by atoms with van der Waals surface area (Å²) in [7, 11) is 0. The van der Waals surface area contributed by atoms with Crippen molar-refractivity contribution in [1.82, 2.24) is 15.5 Å². The van der Waals surface area contributed by atoms with Crippen LogP contribution in [0.3, 0.4) is 0 Å². The lowest BCUT2D eigenvalue weighted by molar-refractivity contribution is 0.0881. The van der Waals surface area contributed by atoms with Crippen LogP contribution in [0.5, 0.6) is 0 Å². The highest BCUT2D eigenvalue weighted by Gasteiger charge is 2.33. The zero-order valence-corrected chi connectivity index (χ0v) is 15.5. The maximum absolute atomic E-state index is 12.7. The topological polar surface area (TPSA) is 68.0 Å². The van der Waals surface area contributed by atoms with E-state index in [1.165, 1.54) is 0 Å². The summed E-state index contributed by atoms with van der Waals surface area (Å²) in [6.45, 7) is 8.07. The molecule has 0 bridgehead atoms. The van der Waals surface area contributed by atoms with Crippen molar-refractivity contribution < 1.29 is 9.32 Å². The Morgan fingerprint density at radius 2 is 1.69 bits per heavy atom. The summed E-state index contributed by atoms with van der Waals surface area (Å²) < 4.78 is 5.49. The molecule has 1 atom stereocenters. The van der Waals surface area contributed by atoms with Crippen LogP contribution < -0.4 is 5.32 Å². The van der Waals surface area contributed by atoms with Gasteiger partial charge in [0.1, 0.15) is 6.04 Å². The van der Waals surface area contributed by atoms with E-state index in [0.717, 1.165) is 11.1 Å². The number of hydrogen-bond acceptors (Lipinski definition) is 4. The molecule has 3 aromatic rings. The molecule has 1 N–H and O–H groups in total. The van der Waals surface area contributed by atoms with Crippen molar-refractivity contribution in [1.29, 1.82) is 0 Å². The minimum absolute atomic E-state index is 0.163. The molecule has 3 rings (SSSR count). The van der Waals surface area contributed by atoms with Crippen LogP contribution >= 0.6 is 0 Å². The number of carbonyl (C=O) groups excluding carboxylic acids is 1. The molecular formula is C21H23N3O2. The van der Waals surface area contributed by atoms with Gasteiger partial charge in [-0.3, -0.25) is 4.79 Å². The zero-order valence-electron chi connectivity index (χ0n) is 15.5. The average molecular weight is 349 g/mol. The van der Waals surface area contributed by atoms with Gasteiger partial charge in [-0.1, -0.05) is 74.0 Å². The number of amides is 1. The van der Waals surface area contributed by atoms with E-state index in [-0.39, 0.29) is 11.3 Å². The fourth-order valence-corrected chi connectivity index (χ4v) is 2.62. The lowest BCUT2D eigenvalue weighted by Gasteiger charge is -2.28. The standard InChI is InChI=1S/C21H23N3O2/c1-14-10-12-16(13-11-14)19(25)22-17(21(2,3)4)20-23-18(24-26-20)15-8-6-5-7-9-15/h5-13,17H,1-4H3,(H,22,25). The predicted molar refractivity (Wildman–Crippen MR) is 101 cm³/mol. The Balaban J connectivity index is 1.86. The van der Waals surface area contributed by atoms with E-state index < -0.39 is 6.04 Å². The van der Waals surface area contributed by atoms with Gasteiger partial charge in [-0.2, -0.15) is 4.98 Å². The van der Waals surface area contributed by atoms with Gasteiger partial charge in [-0.05, 0) is 24.5 Å². The second kappa shape index (κ2) is 7.12. The van der Waals surface area contributed by atoms with Crippen LogP contribution in [-0.4, -0.2) is 16.0 Å². The Bertz CT molecular complexity index is 878. The number of carbonyl (C=O) groups is 1. The molecule has 0 aliphatic heterocycles. The SMILES string of the molecule is Cc1ccc(C(=O)NC(c2nc(-c3ccccc3)no2)C(C)(C)C)cc1. The monoisotopic (exact) mass is 349 g/mol. The second-order valence-corrected chi connectivity index (χ2v) is 7.46. The number of hydrogen-bond donors (Lipinski definition) is 1. The number of aromatic nitrogens is 2. The van der Waals surface area contributed by atoms with E-state index in [4.69, 9.17) is 4.52 Å². The summed E-state index contributed by atoms with van der Waals surface area (Å²) in [5.74, 6) is 0.751. The van der Waals surface area contributed by atoms with Crippen LogP contribution in [0.25, 0.3) is 11.4 Å². The fraction of sp³-hybridized carbons (Fsp3) is 0.286. The minimum Gasteiger partial charge on any atom is -0.340 e. The van der Waals surface area contributed by atoms with Gasteiger partial charge >= 0.3 is 0 Å². The van der Waals surface area contributed by atoms with Gasteiger partial charge in [0.2, 0.25) is 11.7 Å². The molecule has 0 saturated carbocycles. The molecule has 1 unspecified atom stereocenters.